The smallest absolute Gasteiger partial charge is 0.242 e. The summed E-state index contributed by atoms with van der Waals surface area (Å²) in [4.78, 5) is 16.1. The fourth-order valence-electron chi connectivity index (χ4n) is 6.69. The van der Waals surface area contributed by atoms with Crippen LogP contribution in [0.25, 0.3) is 0 Å². The van der Waals surface area contributed by atoms with Gasteiger partial charge in [-0.05, 0) is 73.8 Å². The minimum Gasteiger partial charge on any atom is -0.392 e. The third-order valence-electron chi connectivity index (χ3n) is 10.1. The number of hydrogen-bond donors (Lipinski definition) is 4. The summed E-state index contributed by atoms with van der Waals surface area (Å²) < 4.78 is 42.7. The molecule has 1 aliphatic rings. The van der Waals surface area contributed by atoms with E-state index in [0.29, 0.717) is 24.2 Å². The summed E-state index contributed by atoms with van der Waals surface area (Å²) in [6.07, 6.45) is -1.45. The van der Waals surface area contributed by atoms with Crippen molar-refractivity contribution in [2.75, 3.05) is 18.9 Å². The monoisotopic (exact) mass is 763 g/mol. The van der Waals surface area contributed by atoms with Crippen LogP contribution in [0.4, 0.5) is 5.69 Å². The highest BCUT2D eigenvalue weighted by Gasteiger charge is 2.34. The lowest BCUT2D eigenvalue weighted by Crippen LogP contribution is -2.45. The highest BCUT2D eigenvalue weighted by atomic mass is 32.2. The third kappa shape index (κ3) is 10.5. The molecular formula is C44H49N3O7S. The lowest BCUT2D eigenvalue weighted by molar-refractivity contribution is -0.253. The second kappa shape index (κ2) is 18.3. The minimum atomic E-state index is -4.02. The minimum absolute atomic E-state index is 0.0648. The number of benzene rings is 5. The molecule has 1 unspecified atom stereocenters. The molecule has 5 aromatic carbocycles. The molecule has 1 heterocycles. The Kier molecular flexibility index (Phi) is 13.3. The first-order chi connectivity index (χ1) is 26.5. The zero-order valence-electron chi connectivity index (χ0n) is 31.3. The van der Waals surface area contributed by atoms with Gasteiger partial charge in [-0.15, -0.1) is 0 Å². The van der Waals surface area contributed by atoms with E-state index in [1.165, 1.54) is 12.1 Å². The molecular weight excluding hydrogens is 715 g/mol. The summed E-state index contributed by atoms with van der Waals surface area (Å²) in [5.74, 6) is -0.519. The van der Waals surface area contributed by atoms with Gasteiger partial charge in [0, 0.05) is 30.3 Å². The number of hydrogen-bond acceptors (Lipinski definition) is 8. The van der Waals surface area contributed by atoms with Crippen LogP contribution in [0.1, 0.15) is 65.2 Å². The number of aliphatic hydroxyl groups excluding tert-OH is 2. The standard InChI is InChI=1S/C44H49N3O7S/c1-30-17-23-39(24-18-30)55(51,52)46-40(25-32-11-6-4-7-12-32)43(50)45-37-16-10-15-36(26-37)44-53-38(27-41(54-44)34-21-19-33(29-48)20-22-34)28-47(3)31(2)42(49)35-13-8-5-9-14-35/h4-24,26,31,38,40-42,44,46,48-49H,25,27-29H2,1-3H3,(H,45,50)/t31-,38-,40+,41+,42-,44?/m0/s1. The van der Waals surface area contributed by atoms with Crippen molar-refractivity contribution in [3.8, 4) is 0 Å². The van der Waals surface area contributed by atoms with Crippen molar-refractivity contribution in [3.05, 3.63) is 167 Å². The maximum Gasteiger partial charge on any atom is 0.242 e. The van der Waals surface area contributed by atoms with E-state index in [1.54, 1.807) is 30.3 Å². The number of likely N-dealkylation sites (N-methyl/N-ethyl adjacent to an activating group) is 1. The van der Waals surface area contributed by atoms with Crippen molar-refractivity contribution in [1.29, 1.82) is 0 Å². The largest absolute Gasteiger partial charge is 0.392 e. The van der Waals surface area contributed by atoms with Gasteiger partial charge in [-0.25, -0.2) is 8.42 Å². The number of amides is 1. The van der Waals surface area contributed by atoms with Crippen LogP contribution in [0.15, 0.2) is 138 Å². The highest BCUT2D eigenvalue weighted by Crippen LogP contribution is 2.39. The number of carbonyl (C=O) groups excluding carboxylic acids is 1. The summed E-state index contributed by atoms with van der Waals surface area (Å²) in [6.45, 7) is 4.30. The maximum atomic E-state index is 13.9. The van der Waals surface area contributed by atoms with Gasteiger partial charge < -0.3 is 25.0 Å². The Morgan fingerprint density at radius 2 is 1.51 bits per heavy atom. The molecule has 4 N–H and O–H groups in total. The zero-order valence-corrected chi connectivity index (χ0v) is 32.1. The first kappa shape index (κ1) is 40.0. The van der Waals surface area contributed by atoms with E-state index in [1.807, 2.05) is 112 Å². The van der Waals surface area contributed by atoms with Crippen LogP contribution in [0.5, 0.6) is 0 Å². The van der Waals surface area contributed by atoms with E-state index in [0.717, 1.165) is 27.8 Å². The first-order valence-corrected chi connectivity index (χ1v) is 19.9. The van der Waals surface area contributed by atoms with Gasteiger partial charge in [-0.3, -0.25) is 9.69 Å². The van der Waals surface area contributed by atoms with E-state index < -0.39 is 34.4 Å². The van der Waals surface area contributed by atoms with Gasteiger partial charge in [0.05, 0.1) is 29.8 Å². The number of ether oxygens (including phenoxy) is 2. The maximum absolute atomic E-state index is 13.9. The number of aliphatic hydroxyl groups is 2. The van der Waals surface area contributed by atoms with Crippen molar-refractivity contribution >= 4 is 21.6 Å². The van der Waals surface area contributed by atoms with Crippen LogP contribution in [0.2, 0.25) is 0 Å². The zero-order chi connectivity index (χ0) is 39.0. The van der Waals surface area contributed by atoms with Gasteiger partial charge in [0.15, 0.2) is 6.29 Å². The summed E-state index contributed by atoms with van der Waals surface area (Å²) in [6, 6.07) is 38.8. The molecule has 0 aliphatic carbocycles. The third-order valence-corrected chi connectivity index (χ3v) is 11.5. The predicted molar refractivity (Wildman–Crippen MR) is 212 cm³/mol. The predicted octanol–water partition coefficient (Wildman–Crippen LogP) is 6.61. The number of carbonyl (C=O) groups is 1. The Labute approximate surface area is 323 Å². The average molecular weight is 764 g/mol. The SMILES string of the molecule is Cc1ccc(S(=O)(=O)N[C@H](Cc2ccccc2)C(=O)Nc2cccc(C3O[C@H](CN(C)[C@@H](C)[C@H](O)c4ccccc4)C[C@H](c4ccc(CO)cc4)O3)c2)cc1. The number of aryl methyl sites for hydroxylation is 1. The molecule has 0 spiro atoms. The van der Waals surface area contributed by atoms with E-state index in [4.69, 9.17) is 9.47 Å². The highest BCUT2D eigenvalue weighted by molar-refractivity contribution is 7.89. The quantitative estimate of drug-likeness (QED) is 0.0935. The van der Waals surface area contributed by atoms with Crippen LogP contribution in [-0.4, -0.2) is 61.2 Å². The van der Waals surface area contributed by atoms with Crippen LogP contribution in [-0.2, 0) is 37.3 Å². The van der Waals surface area contributed by atoms with Crippen molar-refractivity contribution < 1.29 is 32.9 Å². The number of rotatable bonds is 15. The second-order valence-electron chi connectivity index (χ2n) is 14.2. The lowest BCUT2D eigenvalue weighted by atomic mass is 9.98. The van der Waals surface area contributed by atoms with Gasteiger partial charge in [0.1, 0.15) is 6.04 Å². The van der Waals surface area contributed by atoms with E-state index in [-0.39, 0.29) is 36.2 Å². The van der Waals surface area contributed by atoms with Crippen molar-refractivity contribution in [3.63, 3.8) is 0 Å². The van der Waals surface area contributed by atoms with Gasteiger partial charge >= 0.3 is 0 Å². The fourth-order valence-corrected chi connectivity index (χ4v) is 7.89. The van der Waals surface area contributed by atoms with Crippen LogP contribution in [0, 0.1) is 6.92 Å². The number of nitrogens with zero attached hydrogens (tertiary/aromatic N) is 1. The Bertz CT molecular complexity index is 2100. The van der Waals surface area contributed by atoms with Gasteiger partial charge in [-0.1, -0.05) is 115 Å². The molecule has 11 heteroatoms. The van der Waals surface area contributed by atoms with Crippen molar-refractivity contribution in [1.82, 2.24) is 9.62 Å². The summed E-state index contributed by atoms with van der Waals surface area (Å²) >= 11 is 0. The van der Waals surface area contributed by atoms with Crippen LogP contribution in [0.3, 0.4) is 0 Å². The summed E-state index contributed by atoms with van der Waals surface area (Å²) in [5, 5.41) is 23.7. The molecule has 1 fully saturated rings. The number of anilines is 1. The normalized spacial score (nSPS) is 19.1. The molecule has 0 bridgehead atoms. The van der Waals surface area contributed by atoms with Gasteiger partial charge in [0.2, 0.25) is 15.9 Å². The van der Waals surface area contributed by atoms with Crippen LogP contribution < -0.4 is 10.0 Å². The molecule has 6 atom stereocenters. The Hall–Kier alpha value is -4.72. The molecule has 6 rings (SSSR count). The van der Waals surface area contributed by atoms with E-state index >= 15 is 0 Å². The van der Waals surface area contributed by atoms with E-state index in [9.17, 15) is 23.4 Å². The molecule has 288 valence electrons. The molecule has 1 saturated heterocycles. The number of nitrogens with one attached hydrogen (secondary N) is 2. The van der Waals surface area contributed by atoms with Crippen molar-refractivity contribution in [2.45, 2.75) is 74.9 Å². The molecule has 10 nitrogen and oxygen atoms in total. The Morgan fingerprint density at radius 1 is 0.836 bits per heavy atom. The lowest BCUT2D eigenvalue weighted by Gasteiger charge is -2.39. The van der Waals surface area contributed by atoms with Gasteiger partial charge in [0.25, 0.3) is 0 Å². The second-order valence-corrected chi connectivity index (χ2v) is 15.9. The average Bonchev–Trinajstić information content (AvgIpc) is 3.20. The van der Waals surface area contributed by atoms with Crippen LogP contribution >= 0.6 is 0 Å². The van der Waals surface area contributed by atoms with Gasteiger partial charge in [-0.2, -0.15) is 4.72 Å². The molecule has 0 saturated carbocycles. The first-order valence-electron chi connectivity index (χ1n) is 18.5. The molecule has 55 heavy (non-hydrogen) atoms. The fraction of sp³-hybridized carbons (Fsp3) is 0.295. The summed E-state index contributed by atoms with van der Waals surface area (Å²) in [5.41, 5.74) is 5.40. The molecule has 5 aromatic rings. The Morgan fingerprint density at radius 3 is 2.18 bits per heavy atom. The van der Waals surface area contributed by atoms with Crippen molar-refractivity contribution in [2.24, 2.45) is 0 Å². The Balaban J connectivity index is 1.22. The molecule has 0 aromatic heterocycles. The summed E-state index contributed by atoms with van der Waals surface area (Å²) in [7, 11) is -2.06. The topological polar surface area (TPSA) is 137 Å². The molecule has 0 radical (unpaired) electrons. The number of sulfonamides is 1. The van der Waals surface area contributed by atoms with E-state index in [2.05, 4.69) is 14.9 Å². The molecule has 1 aliphatic heterocycles. The molecule has 1 amide bonds.